The Bertz CT molecular complexity index is 1420. The third-order valence-corrected chi connectivity index (χ3v) is 13.8. The largest absolute Gasteiger partial charge is 0.461 e. The monoisotopic (exact) mass is 583 g/mol. The van der Waals surface area contributed by atoms with Gasteiger partial charge in [0.15, 0.2) is 5.78 Å². The van der Waals surface area contributed by atoms with Gasteiger partial charge < -0.3 is 9.53 Å². The number of esters is 1. The lowest BCUT2D eigenvalue weighted by molar-refractivity contribution is -0.216. The molecule has 0 spiro atoms. The van der Waals surface area contributed by atoms with Gasteiger partial charge in [0.25, 0.3) is 0 Å². The van der Waals surface area contributed by atoms with Crippen molar-refractivity contribution in [2.75, 3.05) is 0 Å². The van der Waals surface area contributed by atoms with Crippen LogP contribution in [0.25, 0.3) is 4.85 Å². The Morgan fingerprint density at radius 3 is 2.26 bits per heavy atom. The van der Waals surface area contributed by atoms with Gasteiger partial charge in [-0.15, -0.1) is 0 Å². The van der Waals surface area contributed by atoms with Crippen molar-refractivity contribution < 1.29 is 19.1 Å². The van der Waals surface area contributed by atoms with Crippen LogP contribution in [0.3, 0.4) is 0 Å². The van der Waals surface area contributed by atoms with E-state index >= 15 is 0 Å². The fourth-order valence-corrected chi connectivity index (χ4v) is 11.7. The van der Waals surface area contributed by atoms with E-state index in [4.69, 9.17) is 11.3 Å². The Morgan fingerprint density at radius 1 is 0.907 bits per heavy atom. The minimum Gasteiger partial charge on any atom is -0.461 e. The van der Waals surface area contributed by atoms with Crippen molar-refractivity contribution in [1.29, 1.82) is 0 Å². The van der Waals surface area contributed by atoms with Crippen LogP contribution in [0.1, 0.15) is 99.0 Å². The minimum absolute atomic E-state index is 0.0464. The summed E-state index contributed by atoms with van der Waals surface area (Å²) in [5.41, 5.74) is -0.129. The van der Waals surface area contributed by atoms with Crippen molar-refractivity contribution in [1.82, 2.24) is 0 Å². The molecule has 1 aromatic rings. The molecule has 0 N–H and O–H groups in total. The van der Waals surface area contributed by atoms with Crippen LogP contribution in [-0.4, -0.2) is 17.5 Å². The standard InChI is InChI=1S/C38H49NO4/c1-34(2)19-25-24(26(20-34)33(42)43-22-23-12-10-9-11-13-23)14-16-38(7)31(25)28(40)18-30-36(5)21-27(39-8)32(41)35(3,4)29(36)15-17-37(30,38)6/h9-13,21,24-26,29-31H,14-20,22H2,1-7H3/t24?,25-,26-,29+,30-,31+,36+,37-,38-/m1/s1. The van der Waals surface area contributed by atoms with Crippen LogP contribution in [-0.2, 0) is 25.7 Å². The summed E-state index contributed by atoms with van der Waals surface area (Å²) in [6, 6.07) is 9.86. The summed E-state index contributed by atoms with van der Waals surface area (Å²) in [6.45, 7) is 23.7. The van der Waals surface area contributed by atoms with Gasteiger partial charge in [0.1, 0.15) is 12.4 Å². The van der Waals surface area contributed by atoms with Gasteiger partial charge in [-0.3, -0.25) is 9.59 Å². The highest BCUT2D eigenvalue weighted by Crippen LogP contribution is 2.74. The summed E-state index contributed by atoms with van der Waals surface area (Å²) < 4.78 is 5.94. The fourth-order valence-electron chi connectivity index (χ4n) is 11.7. The number of nitrogens with zero attached hydrogens (tertiary/aromatic N) is 1. The van der Waals surface area contributed by atoms with E-state index in [1.807, 2.05) is 50.3 Å². The first-order chi connectivity index (χ1) is 20.1. The zero-order chi connectivity index (χ0) is 31.2. The average Bonchev–Trinajstić information content (AvgIpc) is 2.94. The lowest BCUT2D eigenvalue weighted by atomic mass is 9.32. The number of carbonyl (C=O) groups excluding carboxylic acids is 3. The molecule has 1 aromatic carbocycles. The average molecular weight is 584 g/mol. The molecule has 0 radical (unpaired) electrons. The third kappa shape index (κ3) is 4.32. The fraction of sp³-hybridized carbons (Fsp3) is 0.684. The first-order valence-corrected chi connectivity index (χ1v) is 16.5. The molecule has 5 nitrogen and oxygen atoms in total. The highest BCUT2D eigenvalue weighted by Gasteiger charge is 2.71. The minimum atomic E-state index is -0.621. The second-order valence-electron chi connectivity index (χ2n) is 16.8. The van der Waals surface area contributed by atoms with Crippen LogP contribution in [0, 0.1) is 69.2 Å². The maximum absolute atomic E-state index is 14.6. The number of hydrogen-bond donors (Lipinski definition) is 0. The summed E-state index contributed by atoms with van der Waals surface area (Å²) in [5.74, 6) is 0.410. The van der Waals surface area contributed by atoms with Gasteiger partial charge in [0.2, 0.25) is 5.70 Å². The highest BCUT2D eigenvalue weighted by molar-refractivity contribution is 6.02. The Hall–Kier alpha value is -2.74. The Balaban J connectivity index is 1.34. The molecule has 0 bridgehead atoms. The van der Waals surface area contributed by atoms with Gasteiger partial charge >= 0.3 is 5.97 Å². The molecule has 0 aliphatic heterocycles. The van der Waals surface area contributed by atoms with Crippen molar-refractivity contribution in [2.45, 2.75) is 100 Å². The number of ketones is 2. The van der Waals surface area contributed by atoms with Crippen LogP contribution in [0.15, 0.2) is 42.1 Å². The van der Waals surface area contributed by atoms with Crippen molar-refractivity contribution in [3.8, 4) is 0 Å². The predicted octanol–water partition coefficient (Wildman–Crippen LogP) is 8.24. The van der Waals surface area contributed by atoms with E-state index < -0.39 is 5.41 Å². The number of benzene rings is 1. The van der Waals surface area contributed by atoms with Crippen LogP contribution in [0.5, 0.6) is 0 Å². The van der Waals surface area contributed by atoms with Gasteiger partial charge in [-0.2, -0.15) is 0 Å². The molecule has 9 atom stereocenters. The van der Waals surface area contributed by atoms with E-state index in [2.05, 4.69) is 39.5 Å². The smallest absolute Gasteiger partial charge is 0.309 e. The predicted molar refractivity (Wildman–Crippen MR) is 166 cm³/mol. The molecule has 0 heterocycles. The zero-order valence-corrected chi connectivity index (χ0v) is 27.2. The topological polar surface area (TPSA) is 64.8 Å². The van der Waals surface area contributed by atoms with E-state index in [-0.39, 0.29) is 81.2 Å². The maximum Gasteiger partial charge on any atom is 0.309 e. The first kappa shape index (κ1) is 30.3. The number of Topliss-reactive ketones (excluding diaryl/α,β-unsaturated/α-hetero) is 2. The zero-order valence-electron chi connectivity index (χ0n) is 27.2. The maximum atomic E-state index is 14.6. The summed E-state index contributed by atoms with van der Waals surface area (Å²) in [4.78, 5) is 45.3. The molecular formula is C38H49NO4. The number of allylic oxidation sites excluding steroid dienone is 2. The summed E-state index contributed by atoms with van der Waals surface area (Å²) in [6.07, 6.45) is 7.98. The number of carbonyl (C=O) groups is 3. The second-order valence-corrected chi connectivity index (χ2v) is 16.8. The Kier molecular flexibility index (Phi) is 6.96. The van der Waals surface area contributed by atoms with Crippen LogP contribution in [0.4, 0.5) is 0 Å². The molecular weight excluding hydrogens is 534 g/mol. The molecule has 230 valence electrons. The van der Waals surface area contributed by atoms with Crippen molar-refractivity contribution in [2.24, 2.45) is 62.6 Å². The molecule has 43 heavy (non-hydrogen) atoms. The van der Waals surface area contributed by atoms with Crippen LogP contribution in [0.2, 0.25) is 0 Å². The van der Waals surface area contributed by atoms with Crippen molar-refractivity contribution in [3.63, 3.8) is 0 Å². The highest BCUT2D eigenvalue weighted by atomic mass is 16.5. The number of hydrogen-bond acceptors (Lipinski definition) is 4. The van der Waals surface area contributed by atoms with Crippen LogP contribution >= 0.6 is 0 Å². The van der Waals surface area contributed by atoms with Gasteiger partial charge in [0.05, 0.1) is 12.5 Å². The Labute approximate surface area is 258 Å². The molecule has 0 saturated heterocycles. The third-order valence-electron chi connectivity index (χ3n) is 13.8. The molecule has 0 amide bonds. The number of ether oxygens (including phenoxy) is 1. The van der Waals surface area contributed by atoms with Gasteiger partial charge in [0, 0.05) is 17.8 Å². The van der Waals surface area contributed by atoms with Gasteiger partial charge in [-0.05, 0) is 89.4 Å². The summed E-state index contributed by atoms with van der Waals surface area (Å²) in [7, 11) is 0. The number of fused-ring (bicyclic) bond motifs is 7. The molecule has 0 aromatic heterocycles. The summed E-state index contributed by atoms with van der Waals surface area (Å²) in [5, 5.41) is 0. The molecule has 6 rings (SSSR count). The van der Waals surface area contributed by atoms with Crippen LogP contribution < -0.4 is 0 Å². The van der Waals surface area contributed by atoms with Gasteiger partial charge in [-0.1, -0.05) is 84.9 Å². The van der Waals surface area contributed by atoms with E-state index in [1.165, 1.54) is 0 Å². The molecule has 5 aliphatic carbocycles. The van der Waals surface area contributed by atoms with E-state index in [0.717, 1.165) is 44.1 Å². The summed E-state index contributed by atoms with van der Waals surface area (Å²) >= 11 is 0. The van der Waals surface area contributed by atoms with E-state index in [1.54, 1.807) is 0 Å². The lowest BCUT2D eigenvalue weighted by Crippen LogP contribution is -2.68. The first-order valence-electron chi connectivity index (χ1n) is 16.5. The molecule has 4 fully saturated rings. The van der Waals surface area contributed by atoms with Gasteiger partial charge in [-0.25, -0.2) is 4.85 Å². The van der Waals surface area contributed by atoms with Crippen molar-refractivity contribution in [3.05, 3.63) is 59.1 Å². The Morgan fingerprint density at radius 2 is 1.58 bits per heavy atom. The lowest BCUT2D eigenvalue weighted by Gasteiger charge is -2.71. The SMILES string of the molecule is [C-]#[N+]C1=C[C@]2(C)[C@H]3CC(=O)[C@@H]4[C@@H]5CC(C)(C)C[C@@H](C(=O)OCc6ccccc6)C5CC[C@@]4(C)[C@]3(C)CC[C@H]2C(C)(C)C1=O. The molecule has 4 saturated carbocycles. The molecule has 1 unspecified atom stereocenters. The number of rotatable bonds is 3. The van der Waals surface area contributed by atoms with Crippen molar-refractivity contribution >= 4 is 17.5 Å². The normalized spacial score (nSPS) is 42.7. The van der Waals surface area contributed by atoms with E-state index in [0.29, 0.717) is 12.2 Å². The van der Waals surface area contributed by atoms with E-state index in [9.17, 15) is 14.4 Å². The second kappa shape index (κ2) is 9.88. The molecule has 5 aliphatic rings. The quantitative estimate of drug-likeness (QED) is 0.266. The molecule has 5 heteroatoms.